The molecule has 26 heavy (non-hydrogen) atoms. The third-order valence-corrected chi connectivity index (χ3v) is 4.86. The van der Waals surface area contributed by atoms with E-state index in [9.17, 15) is 0 Å². The summed E-state index contributed by atoms with van der Waals surface area (Å²) >= 11 is 0. The molecule has 1 aromatic heterocycles. The molecule has 0 atom stereocenters. The topological polar surface area (TPSA) is 68.3 Å². The van der Waals surface area contributed by atoms with E-state index in [2.05, 4.69) is 20.6 Å². The highest BCUT2D eigenvalue weighted by Crippen LogP contribution is 2.33. The first-order valence-corrected chi connectivity index (χ1v) is 9.55. The summed E-state index contributed by atoms with van der Waals surface area (Å²) in [5, 5.41) is 6.89. The number of hydrogen-bond donors (Lipinski definition) is 2. The molecule has 2 N–H and O–H groups in total. The van der Waals surface area contributed by atoms with E-state index in [0.717, 1.165) is 28.7 Å². The molecule has 1 fully saturated rings. The van der Waals surface area contributed by atoms with E-state index in [1.165, 1.54) is 38.5 Å². The summed E-state index contributed by atoms with van der Waals surface area (Å²) in [6, 6.07) is 8.28. The van der Waals surface area contributed by atoms with Crippen LogP contribution in [0, 0.1) is 6.92 Å². The van der Waals surface area contributed by atoms with Gasteiger partial charge in [0.15, 0.2) is 11.5 Å². The van der Waals surface area contributed by atoms with Crippen molar-refractivity contribution >= 4 is 17.5 Å². The van der Waals surface area contributed by atoms with E-state index in [-0.39, 0.29) is 0 Å². The van der Waals surface area contributed by atoms with Gasteiger partial charge in [-0.1, -0.05) is 25.7 Å². The third-order valence-electron chi connectivity index (χ3n) is 4.86. The maximum atomic E-state index is 5.65. The van der Waals surface area contributed by atoms with Gasteiger partial charge in [0, 0.05) is 29.6 Å². The SMILES string of the molecule is Cc1cc(Nc2ccc3c(c2)OCCO3)nc(NC2CCCCCC2)n1. The summed E-state index contributed by atoms with van der Waals surface area (Å²) in [5.41, 5.74) is 1.86. The maximum Gasteiger partial charge on any atom is 0.225 e. The summed E-state index contributed by atoms with van der Waals surface area (Å²) in [6.07, 6.45) is 7.63. The molecule has 2 aromatic rings. The van der Waals surface area contributed by atoms with Crippen LogP contribution in [-0.4, -0.2) is 29.2 Å². The van der Waals surface area contributed by atoms with Crippen molar-refractivity contribution in [1.82, 2.24) is 9.97 Å². The highest BCUT2D eigenvalue weighted by Gasteiger charge is 2.15. The lowest BCUT2D eigenvalue weighted by Crippen LogP contribution is -2.20. The molecule has 2 aliphatic rings. The van der Waals surface area contributed by atoms with Gasteiger partial charge in [-0.3, -0.25) is 0 Å². The van der Waals surface area contributed by atoms with Gasteiger partial charge in [-0.25, -0.2) is 4.98 Å². The van der Waals surface area contributed by atoms with Gasteiger partial charge in [-0.05, 0) is 31.9 Å². The van der Waals surface area contributed by atoms with Gasteiger partial charge < -0.3 is 20.1 Å². The Balaban J connectivity index is 1.49. The number of hydrogen-bond acceptors (Lipinski definition) is 6. The number of rotatable bonds is 4. The minimum absolute atomic E-state index is 0.474. The minimum atomic E-state index is 0.474. The number of aromatic nitrogens is 2. The molecule has 1 aliphatic carbocycles. The second kappa shape index (κ2) is 7.81. The quantitative estimate of drug-likeness (QED) is 0.792. The van der Waals surface area contributed by atoms with Crippen molar-refractivity contribution in [2.45, 2.75) is 51.5 Å². The number of fused-ring (bicyclic) bond motifs is 1. The molecular formula is C20H26N4O2. The van der Waals surface area contributed by atoms with Gasteiger partial charge >= 0.3 is 0 Å². The van der Waals surface area contributed by atoms with Crippen LogP contribution in [0.5, 0.6) is 11.5 Å². The highest BCUT2D eigenvalue weighted by atomic mass is 16.6. The minimum Gasteiger partial charge on any atom is -0.486 e. The van der Waals surface area contributed by atoms with Crippen LogP contribution in [0.4, 0.5) is 17.5 Å². The highest BCUT2D eigenvalue weighted by molar-refractivity contribution is 5.62. The smallest absolute Gasteiger partial charge is 0.225 e. The Bertz CT molecular complexity index is 757. The molecule has 6 nitrogen and oxygen atoms in total. The predicted molar refractivity (Wildman–Crippen MR) is 103 cm³/mol. The molecule has 1 aliphatic heterocycles. The van der Waals surface area contributed by atoms with Crippen LogP contribution >= 0.6 is 0 Å². The van der Waals surface area contributed by atoms with Gasteiger partial charge in [0.25, 0.3) is 0 Å². The van der Waals surface area contributed by atoms with E-state index >= 15 is 0 Å². The van der Waals surface area contributed by atoms with Crippen molar-refractivity contribution in [1.29, 1.82) is 0 Å². The normalized spacial score (nSPS) is 17.4. The Hall–Kier alpha value is -2.50. The summed E-state index contributed by atoms with van der Waals surface area (Å²) in [6.45, 7) is 3.18. The van der Waals surface area contributed by atoms with Crippen molar-refractivity contribution in [3.8, 4) is 11.5 Å². The van der Waals surface area contributed by atoms with Crippen LogP contribution in [0.15, 0.2) is 24.3 Å². The number of nitrogens with zero attached hydrogens (tertiary/aromatic N) is 2. The average Bonchev–Trinajstić information content (AvgIpc) is 2.90. The summed E-state index contributed by atoms with van der Waals surface area (Å²) in [7, 11) is 0. The zero-order chi connectivity index (χ0) is 17.8. The van der Waals surface area contributed by atoms with Crippen molar-refractivity contribution in [3.63, 3.8) is 0 Å². The molecular weight excluding hydrogens is 328 g/mol. The monoisotopic (exact) mass is 354 g/mol. The number of benzene rings is 1. The lowest BCUT2D eigenvalue weighted by Gasteiger charge is -2.19. The zero-order valence-electron chi connectivity index (χ0n) is 15.3. The van der Waals surface area contributed by atoms with Gasteiger partial charge in [-0.2, -0.15) is 4.98 Å². The fourth-order valence-electron chi connectivity index (χ4n) is 3.57. The molecule has 4 rings (SSSR count). The van der Waals surface area contributed by atoms with Gasteiger partial charge in [0.1, 0.15) is 19.0 Å². The van der Waals surface area contributed by atoms with Crippen LogP contribution in [0.2, 0.25) is 0 Å². The first-order chi connectivity index (χ1) is 12.8. The second-order valence-electron chi connectivity index (χ2n) is 7.03. The second-order valence-corrected chi connectivity index (χ2v) is 7.03. The van der Waals surface area contributed by atoms with Crippen LogP contribution in [0.1, 0.15) is 44.2 Å². The van der Waals surface area contributed by atoms with Crippen molar-refractivity contribution in [3.05, 3.63) is 30.0 Å². The van der Waals surface area contributed by atoms with E-state index in [4.69, 9.17) is 9.47 Å². The summed E-state index contributed by atoms with van der Waals surface area (Å²) < 4.78 is 11.2. The zero-order valence-corrected chi connectivity index (χ0v) is 15.3. The van der Waals surface area contributed by atoms with Crippen LogP contribution in [-0.2, 0) is 0 Å². The largest absolute Gasteiger partial charge is 0.486 e. The molecule has 1 saturated carbocycles. The van der Waals surface area contributed by atoms with Gasteiger partial charge in [-0.15, -0.1) is 0 Å². The van der Waals surface area contributed by atoms with Crippen molar-refractivity contribution in [2.24, 2.45) is 0 Å². The standard InChI is InChI=1S/C20H26N4O2/c1-14-12-19(22-16-8-9-17-18(13-16)26-11-10-25-17)24-20(21-14)23-15-6-4-2-3-5-7-15/h8-9,12-13,15H,2-7,10-11H2,1H3,(H2,21,22,23,24). The first-order valence-electron chi connectivity index (χ1n) is 9.55. The van der Waals surface area contributed by atoms with E-state index in [1.807, 2.05) is 31.2 Å². The molecule has 0 spiro atoms. The Kier molecular flexibility index (Phi) is 5.09. The average molecular weight is 354 g/mol. The van der Waals surface area contributed by atoms with E-state index in [1.54, 1.807) is 0 Å². The molecule has 0 radical (unpaired) electrons. The van der Waals surface area contributed by atoms with Crippen LogP contribution < -0.4 is 20.1 Å². The Labute approximate surface area is 154 Å². The van der Waals surface area contributed by atoms with Gasteiger partial charge in [0.05, 0.1) is 0 Å². The third kappa shape index (κ3) is 4.18. The first kappa shape index (κ1) is 16.9. The van der Waals surface area contributed by atoms with Crippen LogP contribution in [0.25, 0.3) is 0 Å². The fraction of sp³-hybridized carbons (Fsp3) is 0.500. The van der Waals surface area contributed by atoms with E-state index in [0.29, 0.717) is 25.2 Å². The molecule has 0 bridgehead atoms. The van der Waals surface area contributed by atoms with Crippen molar-refractivity contribution in [2.75, 3.05) is 23.8 Å². The van der Waals surface area contributed by atoms with Crippen LogP contribution in [0.3, 0.4) is 0 Å². The molecule has 138 valence electrons. The number of ether oxygens (including phenoxy) is 2. The molecule has 0 amide bonds. The lowest BCUT2D eigenvalue weighted by atomic mass is 10.1. The molecule has 0 saturated heterocycles. The fourth-order valence-corrected chi connectivity index (χ4v) is 3.57. The lowest BCUT2D eigenvalue weighted by molar-refractivity contribution is 0.171. The molecule has 6 heteroatoms. The number of aryl methyl sites for hydroxylation is 1. The van der Waals surface area contributed by atoms with E-state index < -0.39 is 0 Å². The number of nitrogens with one attached hydrogen (secondary N) is 2. The molecule has 1 aromatic carbocycles. The Morgan fingerprint density at radius 3 is 2.50 bits per heavy atom. The molecule has 2 heterocycles. The maximum absolute atomic E-state index is 5.65. The predicted octanol–water partition coefficient (Wildman–Crippen LogP) is 4.43. The van der Waals surface area contributed by atoms with Crippen molar-refractivity contribution < 1.29 is 9.47 Å². The Morgan fingerprint density at radius 1 is 0.923 bits per heavy atom. The summed E-state index contributed by atoms with van der Waals surface area (Å²) in [4.78, 5) is 9.22. The Morgan fingerprint density at radius 2 is 1.69 bits per heavy atom. The number of anilines is 3. The summed E-state index contributed by atoms with van der Waals surface area (Å²) in [5.74, 6) is 3.04. The molecule has 0 unspecified atom stereocenters. The van der Waals surface area contributed by atoms with Gasteiger partial charge in [0.2, 0.25) is 5.95 Å².